The Morgan fingerprint density at radius 2 is 1.58 bits per heavy atom. The number of nitrogens with zero attached hydrogens (tertiary/aromatic N) is 1. The molecule has 1 amide bonds. The normalized spacial score (nSPS) is 15.4. The van der Waals surface area contributed by atoms with Gasteiger partial charge in [0.2, 0.25) is 10.0 Å². The Kier molecular flexibility index (Phi) is 7.81. The number of carbonyl (C=O) groups is 1. The van der Waals surface area contributed by atoms with E-state index >= 15 is 0 Å². The highest BCUT2D eigenvalue weighted by atomic mass is 32.2. The van der Waals surface area contributed by atoms with Gasteiger partial charge in [0.15, 0.2) is 9.84 Å². The summed E-state index contributed by atoms with van der Waals surface area (Å²) in [6.07, 6.45) is 1.46. The third-order valence-electron chi connectivity index (χ3n) is 5.87. The predicted molar refractivity (Wildman–Crippen MR) is 129 cm³/mol. The van der Waals surface area contributed by atoms with Crippen LogP contribution in [0.1, 0.15) is 42.6 Å². The van der Waals surface area contributed by atoms with Gasteiger partial charge in [-0.3, -0.25) is 4.79 Å². The van der Waals surface area contributed by atoms with Gasteiger partial charge in [-0.25, -0.2) is 21.6 Å². The van der Waals surface area contributed by atoms with E-state index in [2.05, 4.69) is 14.9 Å². The van der Waals surface area contributed by atoms with Crippen molar-refractivity contribution in [2.45, 2.75) is 49.4 Å². The van der Waals surface area contributed by atoms with E-state index in [0.717, 1.165) is 31.6 Å². The SMILES string of the molecule is CCNS(=O)(=O)c1ccc(C)c(C(=O)NC2CCN(c3ccc(S(=O)(=O)CC)cc3)CC2)c1. The van der Waals surface area contributed by atoms with E-state index in [0.29, 0.717) is 16.0 Å². The van der Waals surface area contributed by atoms with E-state index in [4.69, 9.17) is 0 Å². The minimum absolute atomic E-state index is 0.0260. The van der Waals surface area contributed by atoms with Gasteiger partial charge in [0, 0.05) is 36.9 Å². The van der Waals surface area contributed by atoms with E-state index in [-0.39, 0.29) is 29.1 Å². The van der Waals surface area contributed by atoms with Gasteiger partial charge < -0.3 is 10.2 Å². The van der Waals surface area contributed by atoms with Crippen molar-refractivity contribution in [2.75, 3.05) is 30.3 Å². The molecule has 10 heteroatoms. The first-order chi connectivity index (χ1) is 15.6. The van der Waals surface area contributed by atoms with Gasteiger partial charge in [0.25, 0.3) is 5.91 Å². The van der Waals surface area contributed by atoms with Crippen molar-refractivity contribution in [3.63, 3.8) is 0 Å². The average molecular weight is 494 g/mol. The second kappa shape index (κ2) is 10.2. The fraction of sp³-hybridized carbons (Fsp3) is 0.435. The Hall–Kier alpha value is -2.43. The van der Waals surface area contributed by atoms with E-state index in [1.165, 1.54) is 12.1 Å². The topological polar surface area (TPSA) is 113 Å². The fourth-order valence-electron chi connectivity index (χ4n) is 3.86. The van der Waals surface area contributed by atoms with E-state index in [1.807, 2.05) is 12.1 Å². The van der Waals surface area contributed by atoms with Crippen molar-refractivity contribution in [3.8, 4) is 0 Å². The Morgan fingerprint density at radius 3 is 2.15 bits per heavy atom. The van der Waals surface area contributed by atoms with Crippen molar-refractivity contribution < 1.29 is 21.6 Å². The first kappa shape index (κ1) is 25.2. The highest BCUT2D eigenvalue weighted by Crippen LogP contribution is 2.23. The zero-order chi connectivity index (χ0) is 24.2. The van der Waals surface area contributed by atoms with Gasteiger partial charge in [-0.2, -0.15) is 0 Å². The molecule has 0 bridgehead atoms. The predicted octanol–water partition coefficient (Wildman–Crippen LogP) is 2.49. The molecule has 33 heavy (non-hydrogen) atoms. The van der Waals surface area contributed by atoms with Gasteiger partial charge in [-0.05, 0) is 61.7 Å². The third-order valence-corrected chi connectivity index (χ3v) is 9.16. The molecule has 0 spiro atoms. The Balaban J connectivity index is 1.63. The van der Waals surface area contributed by atoms with Crippen LogP contribution in [0.2, 0.25) is 0 Å². The number of hydrogen-bond donors (Lipinski definition) is 2. The molecule has 1 aliphatic heterocycles. The van der Waals surface area contributed by atoms with Crippen molar-refractivity contribution in [3.05, 3.63) is 53.6 Å². The molecule has 8 nitrogen and oxygen atoms in total. The molecule has 1 saturated heterocycles. The van der Waals surface area contributed by atoms with Gasteiger partial charge >= 0.3 is 0 Å². The van der Waals surface area contributed by atoms with Crippen LogP contribution in [-0.4, -0.2) is 54.2 Å². The number of aryl methyl sites for hydroxylation is 1. The maximum atomic E-state index is 12.9. The summed E-state index contributed by atoms with van der Waals surface area (Å²) < 4.78 is 51.0. The summed E-state index contributed by atoms with van der Waals surface area (Å²) in [4.78, 5) is 15.4. The average Bonchev–Trinajstić information content (AvgIpc) is 2.79. The smallest absolute Gasteiger partial charge is 0.251 e. The molecule has 2 aromatic carbocycles. The lowest BCUT2D eigenvalue weighted by atomic mass is 10.0. The van der Waals surface area contributed by atoms with Gasteiger partial charge in [-0.15, -0.1) is 0 Å². The number of benzene rings is 2. The number of sulfone groups is 1. The quantitative estimate of drug-likeness (QED) is 0.584. The molecule has 0 atom stereocenters. The van der Waals surface area contributed by atoms with Crippen LogP contribution in [-0.2, 0) is 19.9 Å². The second-order valence-corrected chi connectivity index (χ2v) is 12.2. The monoisotopic (exact) mass is 493 g/mol. The lowest BCUT2D eigenvalue weighted by Gasteiger charge is -2.34. The van der Waals surface area contributed by atoms with Crippen LogP contribution < -0.4 is 14.9 Å². The number of amides is 1. The number of anilines is 1. The van der Waals surface area contributed by atoms with Gasteiger partial charge in [0.1, 0.15) is 0 Å². The van der Waals surface area contributed by atoms with Crippen LogP contribution in [0.4, 0.5) is 5.69 Å². The lowest BCUT2D eigenvalue weighted by molar-refractivity contribution is 0.0930. The summed E-state index contributed by atoms with van der Waals surface area (Å²) in [5, 5.41) is 3.04. The van der Waals surface area contributed by atoms with Crippen molar-refractivity contribution in [2.24, 2.45) is 0 Å². The number of piperidine rings is 1. The van der Waals surface area contributed by atoms with Crippen molar-refractivity contribution in [1.82, 2.24) is 10.0 Å². The fourth-order valence-corrected chi connectivity index (χ4v) is 5.81. The number of sulfonamides is 1. The molecule has 1 heterocycles. The van der Waals surface area contributed by atoms with Gasteiger partial charge in [0.05, 0.1) is 15.5 Å². The van der Waals surface area contributed by atoms with E-state index < -0.39 is 19.9 Å². The Labute approximate surface area is 196 Å². The minimum atomic E-state index is -3.64. The molecule has 0 aromatic heterocycles. The Morgan fingerprint density at radius 1 is 0.970 bits per heavy atom. The molecule has 0 unspecified atom stereocenters. The molecule has 0 aliphatic carbocycles. The van der Waals surface area contributed by atoms with Crippen LogP contribution in [0, 0.1) is 6.92 Å². The summed E-state index contributed by atoms with van der Waals surface area (Å²) >= 11 is 0. The number of hydrogen-bond acceptors (Lipinski definition) is 6. The largest absolute Gasteiger partial charge is 0.371 e. The minimum Gasteiger partial charge on any atom is -0.371 e. The van der Waals surface area contributed by atoms with Crippen LogP contribution >= 0.6 is 0 Å². The molecular formula is C23H31N3O5S2. The van der Waals surface area contributed by atoms with Crippen LogP contribution in [0.3, 0.4) is 0 Å². The van der Waals surface area contributed by atoms with Crippen LogP contribution in [0.5, 0.6) is 0 Å². The molecule has 2 N–H and O–H groups in total. The van der Waals surface area contributed by atoms with Crippen molar-refractivity contribution >= 4 is 31.5 Å². The molecule has 0 radical (unpaired) electrons. The molecule has 1 aliphatic rings. The van der Waals surface area contributed by atoms with Crippen LogP contribution in [0.15, 0.2) is 52.3 Å². The van der Waals surface area contributed by atoms with Gasteiger partial charge in [-0.1, -0.05) is 19.9 Å². The molecular weight excluding hydrogens is 462 g/mol. The molecule has 1 fully saturated rings. The zero-order valence-electron chi connectivity index (χ0n) is 19.2. The first-order valence-electron chi connectivity index (χ1n) is 11.1. The zero-order valence-corrected chi connectivity index (χ0v) is 20.8. The highest BCUT2D eigenvalue weighted by Gasteiger charge is 2.23. The molecule has 180 valence electrons. The summed E-state index contributed by atoms with van der Waals surface area (Å²) in [5.41, 5.74) is 2.01. The maximum Gasteiger partial charge on any atom is 0.251 e. The summed E-state index contributed by atoms with van der Waals surface area (Å²) in [7, 11) is -6.86. The molecule has 2 aromatic rings. The Bertz CT molecular complexity index is 1200. The van der Waals surface area contributed by atoms with E-state index in [1.54, 1.807) is 39.0 Å². The van der Waals surface area contributed by atoms with Crippen molar-refractivity contribution in [1.29, 1.82) is 0 Å². The first-order valence-corrected chi connectivity index (χ1v) is 14.2. The summed E-state index contributed by atoms with van der Waals surface area (Å²) in [6, 6.07) is 11.5. The second-order valence-electron chi connectivity index (χ2n) is 8.11. The maximum absolute atomic E-state index is 12.9. The summed E-state index contributed by atoms with van der Waals surface area (Å²) in [6.45, 7) is 6.82. The summed E-state index contributed by atoms with van der Waals surface area (Å²) in [5.74, 6) is -0.213. The number of rotatable bonds is 8. The van der Waals surface area contributed by atoms with E-state index in [9.17, 15) is 21.6 Å². The van der Waals surface area contributed by atoms with Crippen LogP contribution in [0.25, 0.3) is 0 Å². The third kappa shape index (κ3) is 5.93. The molecule has 0 saturated carbocycles. The standard InChI is InChI=1S/C23H31N3O5S2/c1-4-24-33(30,31)21-9-6-17(3)22(16-21)23(27)25-18-12-14-26(15-13-18)19-7-10-20(11-8-19)32(28,29)5-2/h6-11,16,18,24H,4-5,12-15H2,1-3H3,(H,25,27). The lowest BCUT2D eigenvalue weighted by Crippen LogP contribution is -2.44. The number of nitrogens with one attached hydrogen (secondary N) is 2. The highest BCUT2D eigenvalue weighted by molar-refractivity contribution is 7.91. The number of carbonyl (C=O) groups excluding carboxylic acids is 1. The molecule has 3 rings (SSSR count).